The lowest BCUT2D eigenvalue weighted by molar-refractivity contribution is -0.662. The number of nitrogens with zero attached hydrogens (tertiary/aromatic N) is 2. The number of benzene rings is 3. The fraction of sp³-hybridized carbons (Fsp3) is 0.138. The van der Waals surface area contributed by atoms with Gasteiger partial charge in [0, 0.05) is 48.6 Å². The van der Waals surface area contributed by atoms with Gasteiger partial charge in [-0.2, -0.15) is 4.57 Å². The summed E-state index contributed by atoms with van der Waals surface area (Å²) in [5.74, 6) is 0. The maximum absolute atomic E-state index is 6.13. The van der Waals surface area contributed by atoms with Crippen LogP contribution in [0.4, 0.5) is 5.69 Å². The zero-order valence-electron chi connectivity index (χ0n) is 19.4. The number of hydrogen-bond donors (Lipinski definition) is 0. The highest BCUT2D eigenvalue weighted by Crippen LogP contribution is 2.27. The van der Waals surface area contributed by atoms with Crippen molar-refractivity contribution in [3.05, 3.63) is 107 Å². The molecule has 1 heterocycles. The van der Waals surface area contributed by atoms with Gasteiger partial charge in [0.05, 0.1) is 0 Å². The first kappa shape index (κ1) is 25.0. The van der Waals surface area contributed by atoms with E-state index in [1.165, 1.54) is 28.1 Å². The van der Waals surface area contributed by atoms with Gasteiger partial charge >= 0.3 is 0 Å². The molecule has 0 aliphatic heterocycles. The Labute approximate surface area is 219 Å². The standard InChI is InChI=1S/C29H28ClN2.HI/c1-21-5-10-24(11-6-21)29-20-25(23-12-14-26(30)15-13-23)19-28(32(29)4)18-9-22-7-16-27(17-8-22)31(2)3;/h5-20H,1-4H3;1H/q+1;/p-1. The van der Waals surface area contributed by atoms with Crippen LogP contribution in [0.15, 0.2) is 84.9 Å². The van der Waals surface area contributed by atoms with Gasteiger partial charge in [-0.25, -0.2) is 0 Å². The van der Waals surface area contributed by atoms with E-state index in [1.54, 1.807) is 0 Å². The second-order valence-electron chi connectivity index (χ2n) is 8.31. The van der Waals surface area contributed by atoms with E-state index in [-0.39, 0.29) is 24.0 Å². The summed E-state index contributed by atoms with van der Waals surface area (Å²) in [6.45, 7) is 2.11. The summed E-state index contributed by atoms with van der Waals surface area (Å²) in [5, 5.41) is 0.746. The van der Waals surface area contributed by atoms with E-state index in [1.807, 2.05) is 12.1 Å². The molecule has 0 fully saturated rings. The molecule has 33 heavy (non-hydrogen) atoms. The molecular formula is C29H28ClIN2. The highest BCUT2D eigenvalue weighted by atomic mass is 127. The van der Waals surface area contributed by atoms with Crippen molar-refractivity contribution in [2.45, 2.75) is 6.92 Å². The Kier molecular flexibility index (Phi) is 8.33. The van der Waals surface area contributed by atoms with Crippen LogP contribution in [-0.2, 0) is 7.05 Å². The normalized spacial score (nSPS) is 10.8. The van der Waals surface area contributed by atoms with Crippen molar-refractivity contribution in [1.82, 2.24) is 0 Å². The lowest BCUT2D eigenvalue weighted by Gasteiger charge is -2.11. The number of pyridine rings is 1. The predicted octanol–water partition coefficient (Wildman–Crippen LogP) is 4.05. The van der Waals surface area contributed by atoms with Crippen LogP contribution >= 0.6 is 11.6 Å². The minimum absolute atomic E-state index is 0. The summed E-state index contributed by atoms with van der Waals surface area (Å²) in [6, 6.07) is 29.8. The molecule has 168 valence electrons. The Hall–Kier alpha value is -2.63. The first-order chi connectivity index (χ1) is 15.4. The fourth-order valence-corrected chi connectivity index (χ4v) is 3.84. The molecular weight excluding hydrogens is 539 g/mol. The van der Waals surface area contributed by atoms with Crippen molar-refractivity contribution in [3.63, 3.8) is 0 Å². The first-order valence-electron chi connectivity index (χ1n) is 10.7. The van der Waals surface area contributed by atoms with Crippen molar-refractivity contribution in [3.8, 4) is 22.4 Å². The van der Waals surface area contributed by atoms with Crippen molar-refractivity contribution in [1.29, 1.82) is 0 Å². The Morgan fingerprint density at radius 2 is 1.33 bits per heavy atom. The minimum atomic E-state index is 0. The van der Waals surface area contributed by atoms with E-state index >= 15 is 0 Å². The van der Waals surface area contributed by atoms with E-state index in [4.69, 9.17) is 11.6 Å². The number of aryl methyl sites for hydroxylation is 1. The molecule has 0 N–H and O–H groups in total. The van der Waals surface area contributed by atoms with Gasteiger partial charge in [0.2, 0.25) is 11.4 Å². The third-order valence-electron chi connectivity index (χ3n) is 5.73. The molecule has 4 heteroatoms. The van der Waals surface area contributed by atoms with Gasteiger partial charge in [0.1, 0.15) is 7.05 Å². The Morgan fingerprint density at radius 1 is 0.727 bits per heavy atom. The molecule has 0 unspecified atom stereocenters. The molecule has 0 aliphatic carbocycles. The molecule has 0 amide bonds. The lowest BCUT2D eigenvalue weighted by atomic mass is 10.0. The van der Waals surface area contributed by atoms with E-state index < -0.39 is 0 Å². The van der Waals surface area contributed by atoms with Crippen LogP contribution < -0.4 is 33.4 Å². The van der Waals surface area contributed by atoms with Crippen molar-refractivity contribution in [2.75, 3.05) is 19.0 Å². The summed E-state index contributed by atoms with van der Waals surface area (Å²) in [5.41, 5.74) is 9.42. The quantitative estimate of drug-likeness (QED) is 0.261. The fourth-order valence-electron chi connectivity index (χ4n) is 3.72. The predicted molar refractivity (Wildman–Crippen MR) is 138 cm³/mol. The molecule has 4 rings (SSSR count). The summed E-state index contributed by atoms with van der Waals surface area (Å²) >= 11 is 6.13. The highest BCUT2D eigenvalue weighted by Gasteiger charge is 2.16. The van der Waals surface area contributed by atoms with E-state index in [0.717, 1.165) is 21.8 Å². The second-order valence-corrected chi connectivity index (χ2v) is 8.74. The Morgan fingerprint density at radius 3 is 1.94 bits per heavy atom. The van der Waals surface area contributed by atoms with Crippen LogP contribution in [0.1, 0.15) is 16.8 Å². The maximum Gasteiger partial charge on any atom is 0.213 e. The van der Waals surface area contributed by atoms with Gasteiger partial charge in [-0.3, -0.25) is 0 Å². The molecule has 0 spiro atoms. The number of hydrogen-bond acceptors (Lipinski definition) is 1. The third-order valence-corrected chi connectivity index (χ3v) is 5.98. The second kappa shape index (κ2) is 11.0. The van der Waals surface area contributed by atoms with Crippen molar-refractivity contribution >= 4 is 29.4 Å². The summed E-state index contributed by atoms with van der Waals surface area (Å²) in [6.07, 6.45) is 4.35. The number of anilines is 1. The molecule has 1 aromatic heterocycles. The summed E-state index contributed by atoms with van der Waals surface area (Å²) in [7, 11) is 6.23. The monoisotopic (exact) mass is 566 g/mol. The molecule has 0 saturated carbocycles. The van der Waals surface area contributed by atoms with Gasteiger partial charge in [-0.1, -0.05) is 53.6 Å². The third kappa shape index (κ3) is 6.04. The molecule has 2 nitrogen and oxygen atoms in total. The van der Waals surface area contributed by atoms with Crippen LogP contribution in [0.5, 0.6) is 0 Å². The van der Waals surface area contributed by atoms with Gasteiger partial charge in [-0.05, 0) is 66.1 Å². The maximum atomic E-state index is 6.13. The zero-order valence-corrected chi connectivity index (χ0v) is 22.3. The highest BCUT2D eigenvalue weighted by molar-refractivity contribution is 6.30. The Bertz CT molecular complexity index is 1240. The SMILES string of the molecule is Cc1ccc(-c2cc(-c3ccc(Cl)cc3)cc(/C=C/c3ccc(N(C)C)cc3)[n+]2C)cc1.[I-]. The largest absolute Gasteiger partial charge is 1.00 e. The molecule has 0 saturated heterocycles. The van der Waals surface area contributed by atoms with E-state index in [9.17, 15) is 0 Å². The zero-order chi connectivity index (χ0) is 22.7. The van der Waals surface area contributed by atoms with Crippen LogP contribution in [0, 0.1) is 6.92 Å². The molecule has 0 radical (unpaired) electrons. The molecule has 0 bridgehead atoms. The molecule has 3 aromatic carbocycles. The average molecular weight is 567 g/mol. The minimum Gasteiger partial charge on any atom is -1.00 e. The van der Waals surface area contributed by atoms with Gasteiger partial charge in [0.15, 0.2) is 0 Å². The van der Waals surface area contributed by atoms with Crippen LogP contribution in [-0.4, -0.2) is 14.1 Å². The van der Waals surface area contributed by atoms with E-state index in [2.05, 4.69) is 122 Å². The van der Waals surface area contributed by atoms with Gasteiger partial charge < -0.3 is 28.9 Å². The van der Waals surface area contributed by atoms with Crippen LogP contribution in [0.3, 0.4) is 0 Å². The number of aromatic nitrogens is 1. The molecule has 4 aromatic rings. The average Bonchev–Trinajstić information content (AvgIpc) is 2.80. The first-order valence-corrected chi connectivity index (χ1v) is 11.1. The summed E-state index contributed by atoms with van der Waals surface area (Å²) < 4.78 is 2.24. The summed E-state index contributed by atoms with van der Waals surface area (Å²) in [4.78, 5) is 2.11. The Balaban J connectivity index is 0.00000306. The van der Waals surface area contributed by atoms with Crippen LogP contribution in [0.25, 0.3) is 34.5 Å². The topological polar surface area (TPSA) is 7.12 Å². The smallest absolute Gasteiger partial charge is 0.213 e. The van der Waals surface area contributed by atoms with Gasteiger partial charge in [-0.15, -0.1) is 0 Å². The number of rotatable bonds is 5. The molecule has 0 atom stereocenters. The van der Waals surface area contributed by atoms with Gasteiger partial charge in [0.25, 0.3) is 0 Å². The van der Waals surface area contributed by atoms with Crippen molar-refractivity contribution < 1.29 is 28.5 Å². The van der Waals surface area contributed by atoms with E-state index in [0.29, 0.717) is 0 Å². The van der Waals surface area contributed by atoms with Crippen molar-refractivity contribution in [2.24, 2.45) is 7.05 Å². The lowest BCUT2D eigenvalue weighted by Crippen LogP contribution is -3.00. The number of halogens is 2. The van der Waals surface area contributed by atoms with Crippen LogP contribution in [0.2, 0.25) is 5.02 Å². The molecule has 0 aliphatic rings.